The molecule has 110 valence electrons. The molecule has 5 rings (SSSR count). The molecule has 0 spiro atoms. The van der Waals surface area contributed by atoms with E-state index in [0.29, 0.717) is 11.3 Å². The summed E-state index contributed by atoms with van der Waals surface area (Å²) in [6.45, 7) is -2.26. The predicted molar refractivity (Wildman–Crippen MR) is 94.9 cm³/mol. The second kappa shape index (κ2) is 4.64. The first-order valence-corrected chi connectivity index (χ1v) is 8.05. The van der Waals surface area contributed by atoms with E-state index in [0.717, 1.165) is 32.1 Å². The van der Waals surface area contributed by atoms with Gasteiger partial charge in [-0.3, -0.25) is 4.98 Å². The van der Waals surface area contributed by atoms with Gasteiger partial charge in [-0.25, -0.2) is 4.98 Å². The summed E-state index contributed by atoms with van der Waals surface area (Å²) in [6, 6.07) is 13.2. The molecular formula is C19H12N2OS. The van der Waals surface area contributed by atoms with E-state index in [9.17, 15) is 0 Å². The Kier molecular flexibility index (Phi) is 2.04. The zero-order valence-corrected chi connectivity index (χ0v) is 12.7. The molecule has 0 aliphatic rings. The van der Waals surface area contributed by atoms with Gasteiger partial charge in [-0.1, -0.05) is 12.1 Å². The minimum atomic E-state index is -2.26. The Bertz CT molecular complexity index is 1290. The van der Waals surface area contributed by atoms with Crippen molar-refractivity contribution in [2.45, 2.75) is 6.85 Å². The van der Waals surface area contributed by atoms with Crippen molar-refractivity contribution in [1.82, 2.24) is 9.97 Å². The van der Waals surface area contributed by atoms with Gasteiger partial charge in [-0.2, -0.15) is 0 Å². The third-order valence-electron chi connectivity index (χ3n) is 3.98. The molecule has 4 heteroatoms. The van der Waals surface area contributed by atoms with Crippen LogP contribution in [0, 0.1) is 6.85 Å². The van der Waals surface area contributed by atoms with Gasteiger partial charge in [0.25, 0.3) is 0 Å². The standard InChI is InChI=1S/C19H12N2OS/c1-11-5-6-14-13-3-2-4-15(18(13)22-19(14)21-11)16-9-12-7-8-23-17(12)10-20-16/h2-10H,1H3/i1D3. The number of pyridine rings is 2. The van der Waals surface area contributed by atoms with Crippen LogP contribution in [0.1, 0.15) is 9.81 Å². The molecule has 3 nitrogen and oxygen atoms in total. The molecule has 0 saturated heterocycles. The fourth-order valence-electron chi connectivity index (χ4n) is 2.90. The van der Waals surface area contributed by atoms with Gasteiger partial charge in [0, 0.05) is 32.3 Å². The van der Waals surface area contributed by atoms with Gasteiger partial charge >= 0.3 is 0 Å². The van der Waals surface area contributed by atoms with Crippen molar-refractivity contribution in [1.29, 1.82) is 0 Å². The molecule has 23 heavy (non-hydrogen) atoms. The summed E-state index contributed by atoms with van der Waals surface area (Å²) in [5.74, 6) is 0. The topological polar surface area (TPSA) is 38.9 Å². The van der Waals surface area contributed by atoms with E-state index < -0.39 is 6.85 Å². The van der Waals surface area contributed by atoms with Crippen LogP contribution in [0.15, 0.2) is 58.5 Å². The molecule has 0 fully saturated rings. The maximum atomic E-state index is 7.54. The number of nitrogens with zero attached hydrogens (tertiary/aromatic N) is 2. The van der Waals surface area contributed by atoms with Gasteiger partial charge in [0.15, 0.2) is 0 Å². The van der Waals surface area contributed by atoms with E-state index in [-0.39, 0.29) is 5.69 Å². The Labute approximate surface area is 140 Å². The molecular weight excluding hydrogens is 304 g/mol. The SMILES string of the molecule is [2H]C([2H])([2H])c1ccc2c(n1)oc1c(-c3cc4ccsc4cn3)cccc12. The molecule has 4 aromatic heterocycles. The minimum absolute atomic E-state index is 0.0309. The largest absolute Gasteiger partial charge is 0.437 e. The number of thiophene rings is 1. The van der Waals surface area contributed by atoms with E-state index in [1.807, 2.05) is 35.8 Å². The number of rotatable bonds is 1. The predicted octanol–water partition coefficient (Wildman–Crippen LogP) is 5.57. The molecule has 1 aromatic carbocycles. The van der Waals surface area contributed by atoms with Crippen molar-refractivity contribution >= 4 is 43.5 Å². The molecule has 4 heterocycles. The van der Waals surface area contributed by atoms with E-state index in [1.165, 1.54) is 6.07 Å². The molecule has 0 saturated carbocycles. The van der Waals surface area contributed by atoms with Crippen molar-refractivity contribution in [2.75, 3.05) is 0 Å². The van der Waals surface area contributed by atoms with Crippen LogP contribution in [-0.2, 0) is 0 Å². The lowest BCUT2D eigenvalue weighted by Crippen LogP contribution is -1.83. The van der Waals surface area contributed by atoms with Gasteiger partial charge in [0.2, 0.25) is 5.71 Å². The summed E-state index contributed by atoms with van der Waals surface area (Å²) in [5.41, 5.74) is 2.71. The van der Waals surface area contributed by atoms with Crippen LogP contribution in [-0.4, -0.2) is 9.97 Å². The lowest BCUT2D eigenvalue weighted by atomic mass is 10.1. The summed E-state index contributed by atoms with van der Waals surface area (Å²) in [6.07, 6.45) is 1.86. The molecule has 0 aliphatic heterocycles. The van der Waals surface area contributed by atoms with Gasteiger partial charge in [-0.15, -0.1) is 11.3 Å². The molecule has 5 aromatic rings. The van der Waals surface area contributed by atoms with E-state index in [2.05, 4.69) is 16.0 Å². The molecule has 0 radical (unpaired) electrons. The van der Waals surface area contributed by atoms with E-state index in [1.54, 1.807) is 17.4 Å². The van der Waals surface area contributed by atoms with Gasteiger partial charge in [0.05, 0.1) is 10.4 Å². The number of hydrogen-bond donors (Lipinski definition) is 0. The maximum Gasteiger partial charge on any atom is 0.227 e. The first-order valence-electron chi connectivity index (χ1n) is 8.67. The number of benzene rings is 1. The quantitative estimate of drug-likeness (QED) is 0.405. The third-order valence-corrected chi connectivity index (χ3v) is 4.85. The van der Waals surface area contributed by atoms with Crippen LogP contribution < -0.4 is 0 Å². The normalized spacial score (nSPS) is 14.2. The maximum absolute atomic E-state index is 7.54. The average Bonchev–Trinajstić information content (AvgIpc) is 3.23. The molecule has 0 amide bonds. The van der Waals surface area contributed by atoms with Crippen LogP contribution >= 0.6 is 11.3 Å². The lowest BCUT2D eigenvalue weighted by molar-refractivity contribution is 0.653. The first-order chi connectivity index (χ1) is 12.5. The highest BCUT2D eigenvalue weighted by Gasteiger charge is 2.14. The average molecular weight is 319 g/mol. The molecule has 0 atom stereocenters. The molecule has 0 unspecified atom stereocenters. The zero-order valence-electron chi connectivity index (χ0n) is 14.9. The Morgan fingerprint density at radius 2 is 2.13 bits per heavy atom. The smallest absolute Gasteiger partial charge is 0.227 e. The van der Waals surface area contributed by atoms with E-state index >= 15 is 0 Å². The second-order valence-electron chi connectivity index (χ2n) is 5.36. The highest BCUT2D eigenvalue weighted by molar-refractivity contribution is 7.17. The third kappa shape index (κ3) is 1.88. The fourth-order valence-corrected chi connectivity index (χ4v) is 3.63. The molecule has 0 N–H and O–H groups in total. The number of hydrogen-bond acceptors (Lipinski definition) is 4. The summed E-state index contributed by atoms with van der Waals surface area (Å²) < 4.78 is 29.7. The van der Waals surface area contributed by atoms with Crippen LogP contribution in [0.5, 0.6) is 0 Å². The van der Waals surface area contributed by atoms with Gasteiger partial charge < -0.3 is 4.42 Å². The second-order valence-corrected chi connectivity index (χ2v) is 6.31. The summed E-state index contributed by atoms with van der Waals surface area (Å²) in [4.78, 5) is 8.78. The monoisotopic (exact) mass is 319 g/mol. The number of aryl methyl sites for hydroxylation is 1. The molecule has 0 aliphatic carbocycles. The van der Waals surface area contributed by atoms with Gasteiger partial charge in [-0.05, 0) is 48.0 Å². The summed E-state index contributed by atoms with van der Waals surface area (Å²) >= 11 is 1.65. The summed E-state index contributed by atoms with van der Waals surface area (Å²) in [5, 5.41) is 4.87. The van der Waals surface area contributed by atoms with Crippen molar-refractivity contribution in [3.63, 3.8) is 0 Å². The Balaban J connectivity index is 1.78. The van der Waals surface area contributed by atoms with Crippen molar-refractivity contribution in [2.24, 2.45) is 0 Å². The Morgan fingerprint density at radius 1 is 1.13 bits per heavy atom. The van der Waals surface area contributed by atoms with Crippen LogP contribution in [0.3, 0.4) is 0 Å². The van der Waals surface area contributed by atoms with E-state index in [4.69, 9.17) is 8.53 Å². The summed E-state index contributed by atoms with van der Waals surface area (Å²) in [7, 11) is 0. The first kappa shape index (κ1) is 10.1. The van der Waals surface area contributed by atoms with Crippen molar-refractivity contribution in [3.05, 3.63) is 59.7 Å². The minimum Gasteiger partial charge on any atom is -0.437 e. The highest BCUT2D eigenvalue weighted by Crippen LogP contribution is 2.35. The molecule has 0 bridgehead atoms. The Hall–Kier alpha value is -2.72. The number of furan rings is 1. The zero-order chi connectivity index (χ0) is 17.9. The Morgan fingerprint density at radius 3 is 3.09 bits per heavy atom. The van der Waals surface area contributed by atoms with Crippen LogP contribution in [0.2, 0.25) is 0 Å². The fraction of sp³-hybridized carbons (Fsp3) is 0.0526. The number of aromatic nitrogens is 2. The van der Waals surface area contributed by atoms with Crippen molar-refractivity contribution < 1.29 is 8.53 Å². The van der Waals surface area contributed by atoms with Crippen LogP contribution in [0.4, 0.5) is 0 Å². The van der Waals surface area contributed by atoms with Crippen molar-refractivity contribution in [3.8, 4) is 11.3 Å². The number of fused-ring (bicyclic) bond motifs is 4. The lowest BCUT2D eigenvalue weighted by Gasteiger charge is -2.02. The van der Waals surface area contributed by atoms with Gasteiger partial charge in [0.1, 0.15) is 5.58 Å². The number of para-hydroxylation sites is 1. The van der Waals surface area contributed by atoms with Crippen LogP contribution in [0.25, 0.3) is 43.4 Å². The highest BCUT2D eigenvalue weighted by atomic mass is 32.1.